The maximum Gasteiger partial charge on any atom is 0.191 e. The Bertz CT molecular complexity index is 535. The minimum atomic E-state index is -0.0146. The third-order valence-corrected chi connectivity index (χ3v) is 3.58. The van der Waals surface area contributed by atoms with Crippen molar-refractivity contribution in [3.63, 3.8) is 0 Å². The van der Waals surface area contributed by atoms with Crippen LogP contribution >= 0.6 is 0 Å². The van der Waals surface area contributed by atoms with Gasteiger partial charge in [-0.3, -0.25) is 0 Å². The van der Waals surface area contributed by atoms with Crippen LogP contribution in [0.15, 0.2) is 41.4 Å². The van der Waals surface area contributed by atoms with Gasteiger partial charge >= 0.3 is 0 Å². The fraction of sp³-hybridized carbons (Fsp3) is 0.500. The first kappa shape index (κ1) is 17.2. The van der Waals surface area contributed by atoms with Crippen LogP contribution in [0.4, 0.5) is 0 Å². The highest BCUT2D eigenvalue weighted by molar-refractivity contribution is 5.80. The summed E-state index contributed by atoms with van der Waals surface area (Å²) in [4.78, 5) is 4.63. The predicted octanol–water partition coefficient (Wildman–Crippen LogP) is 2.74. The molecule has 23 heavy (non-hydrogen) atoms. The van der Waals surface area contributed by atoms with Gasteiger partial charge in [0.25, 0.3) is 0 Å². The van der Waals surface area contributed by atoms with Gasteiger partial charge in [0.05, 0.1) is 13.7 Å². The van der Waals surface area contributed by atoms with Gasteiger partial charge in [0.15, 0.2) is 5.96 Å². The number of ether oxygens (including phenoxy) is 2. The summed E-state index contributed by atoms with van der Waals surface area (Å²) in [6, 6.07) is 8.08. The number of hydrogen-bond acceptors (Lipinski definition) is 3. The predicted molar refractivity (Wildman–Crippen MR) is 94.4 cm³/mol. The number of aliphatic imine (C=N–C) groups is 1. The summed E-state index contributed by atoms with van der Waals surface area (Å²) in [5.41, 5.74) is 0. The van der Waals surface area contributed by atoms with Crippen molar-refractivity contribution in [2.45, 2.75) is 38.8 Å². The Morgan fingerprint density at radius 1 is 1.30 bits per heavy atom. The minimum absolute atomic E-state index is 0.0146. The lowest BCUT2D eigenvalue weighted by Gasteiger charge is -2.18. The molecular formula is C18H27N3O2. The van der Waals surface area contributed by atoms with Crippen molar-refractivity contribution in [2.24, 2.45) is 4.99 Å². The second kappa shape index (κ2) is 9.08. The molecule has 1 aliphatic rings. The highest BCUT2D eigenvalue weighted by Crippen LogP contribution is 2.20. The van der Waals surface area contributed by atoms with Crippen LogP contribution in [0, 0.1) is 0 Å². The van der Waals surface area contributed by atoms with Gasteiger partial charge in [-0.1, -0.05) is 18.2 Å². The molecule has 0 heterocycles. The second-order valence-electron chi connectivity index (χ2n) is 5.61. The summed E-state index contributed by atoms with van der Waals surface area (Å²) in [5.74, 6) is 2.44. The van der Waals surface area contributed by atoms with Crippen molar-refractivity contribution in [3.8, 4) is 11.5 Å². The molecule has 5 nitrogen and oxygen atoms in total. The second-order valence-corrected chi connectivity index (χ2v) is 5.61. The fourth-order valence-corrected chi connectivity index (χ4v) is 2.41. The average molecular weight is 317 g/mol. The summed E-state index contributed by atoms with van der Waals surface area (Å²) in [6.07, 6.45) is 6.51. The van der Waals surface area contributed by atoms with Crippen LogP contribution in [0.1, 0.15) is 26.7 Å². The van der Waals surface area contributed by atoms with E-state index in [1.165, 1.54) is 0 Å². The third kappa shape index (κ3) is 5.85. The van der Waals surface area contributed by atoms with Gasteiger partial charge in [0.1, 0.15) is 17.6 Å². The van der Waals surface area contributed by atoms with Gasteiger partial charge in [0, 0.05) is 18.7 Å². The van der Waals surface area contributed by atoms with E-state index in [0.29, 0.717) is 12.6 Å². The van der Waals surface area contributed by atoms with E-state index in [0.717, 1.165) is 36.8 Å². The molecule has 1 atom stereocenters. The van der Waals surface area contributed by atoms with Gasteiger partial charge < -0.3 is 20.1 Å². The molecule has 0 radical (unpaired) electrons. The summed E-state index contributed by atoms with van der Waals surface area (Å²) in [7, 11) is 1.65. The molecule has 1 unspecified atom stereocenters. The van der Waals surface area contributed by atoms with Gasteiger partial charge in [-0.25, -0.2) is 4.99 Å². The quantitative estimate of drug-likeness (QED) is 0.461. The zero-order valence-electron chi connectivity index (χ0n) is 14.2. The Balaban J connectivity index is 1.86. The van der Waals surface area contributed by atoms with Gasteiger partial charge in [-0.2, -0.15) is 0 Å². The number of methoxy groups -OCH3 is 1. The number of benzene rings is 1. The molecule has 126 valence electrons. The molecule has 1 aromatic carbocycles. The Morgan fingerprint density at radius 2 is 2.04 bits per heavy atom. The molecule has 1 aliphatic carbocycles. The largest absolute Gasteiger partial charge is 0.497 e. The number of rotatable bonds is 7. The highest BCUT2D eigenvalue weighted by Gasteiger charge is 2.12. The smallest absolute Gasteiger partial charge is 0.191 e. The van der Waals surface area contributed by atoms with E-state index in [1.54, 1.807) is 7.11 Å². The van der Waals surface area contributed by atoms with Gasteiger partial charge in [0.2, 0.25) is 0 Å². The summed E-state index contributed by atoms with van der Waals surface area (Å²) < 4.78 is 11.1. The standard InChI is InChI=1S/C18H27N3O2/c1-4-19-18(21-15-8-5-6-9-15)20-13-14(2)23-17-11-7-10-16(12-17)22-3/h5-7,10-12,14-15H,4,8-9,13H2,1-3H3,(H2,19,20,21). The zero-order valence-corrected chi connectivity index (χ0v) is 14.2. The first-order chi connectivity index (χ1) is 11.2. The number of nitrogens with zero attached hydrogens (tertiary/aromatic N) is 1. The van der Waals surface area contributed by atoms with Crippen LogP contribution in [0.5, 0.6) is 11.5 Å². The molecule has 2 rings (SSSR count). The van der Waals surface area contributed by atoms with E-state index in [4.69, 9.17) is 9.47 Å². The monoisotopic (exact) mass is 317 g/mol. The molecule has 0 spiro atoms. The van der Waals surface area contributed by atoms with E-state index < -0.39 is 0 Å². The molecular weight excluding hydrogens is 290 g/mol. The molecule has 0 saturated heterocycles. The average Bonchev–Trinajstić information content (AvgIpc) is 3.06. The molecule has 0 amide bonds. The van der Waals surface area contributed by atoms with Crippen molar-refractivity contribution in [1.82, 2.24) is 10.6 Å². The molecule has 0 fully saturated rings. The lowest BCUT2D eigenvalue weighted by Crippen LogP contribution is -2.43. The maximum absolute atomic E-state index is 5.90. The maximum atomic E-state index is 5.90. The Hall–Kier alpha value is -2.17. The summed E-state index contributed by atoms with van der Waals surface area (Å²) in [5, 5.41) is 6.74. The highest BCUT2D eigenvalue weighted by atomic mass is 16.5. The van der Waals surface area contributed by atoms with Crippen molar-refractivity contribution in [1.29, 1.82) is 0 Å². The van der Waals surface area contributed by atoms with Crippen molar-refractivity contribution >= 4 is 5.96 Å². The number of nitrogens with one attached hydrogen (secondary N) is 2. The normalized spacial score (nSPS) is 16.2. The van der Waals surface area contributed by atoms with Crippen LogP contribution in [0.3, 0.4) is 0 Å². The molecule has 0 saturated carbocycles. The van der Waals surface area contributed by atoms with Gasteiger partial charge in [-0.05, 0) is 38.8 Å². The van der Waals surface area contributed by atoms with E-state index >= 15 is 0 Å². The fourth-order valence-electron chi connectivity index (χ4n) is 2.41. The summed E-state index contributed by atoms with van der Waals surface area (Å²) in [6.45, 7) is 5.52. The van der Waals surface area contributed by atoms with Crippen LogP contribution in [0.25, 0.3) is 0 Å². The van der Waals surface area contributed by atoms with Crippen molar-refractivity contribution < 1.29 is 9.47 Å². The van der Waals surface area contributed by atoms with E-state index in [1.807, 2.05) is 31.2 Å². The van der Waals surface area contributed by atoms with E-state index in [2.05, 4.69) is 34.7 Å². The topological polar surface area (TPSA) is 54.9 Å². The molecule has 1 aromatic rings. The first-order valence-electron chi connectivity index (χ1n) is 8.21. The van der Waals surface area contributed by atoms with Gasteiger partial charge in [-0.15, -0.1) is 0 Å². The molecule has 0 aliphatic heterocycles. The molecule has 5 heteroatoms. The first-order valence-corrected chi connectivity index (χ1v) is 8.21. The Kier molecular flexibility index (Phi) is 6.78. The zero-order chi connectivity index (χ0) is 16.5. The van der Waals surface area contributed by atoms with Crippen LogP contribution in [0.2, 0.25) is 0 Å². The van der Waals surface area contributed by atoms with Crippen LogP contribution in [-0.2, 0) is 0 Å². The SMILES string of the molecule is CCNC(=NCC(C)Oc1cccc(OC)c1)NC1CC=CC1. The minimum Gasteiger partial charge on any atom is -0.497 e. The third-order valence-electron chi connectivity index (χ3n) is 3.58. The number of guanidine groups is 1. The molecule has 0 aromatic heterocycles. The van der Waals surface area contributed by atoms with Crippen molar-refractivity contribution in [2.75, 3.05) is 20.2 Å². The van der Waals surface area contributed by atoms with E-state index in [9.17, 15) is 0 Å². The lowest BCUT2D eigenvalue weighted by molar-refractivity contribution is 0.229. The van der Waals surface area contributed by atoms with Crippen molar-refractivity contribution in [3.05, 3.63) is 36.4 Å². The summed E-state index contributed by atoms with van der Waals surface area (Å²) >= 11 is 0. The molecule has 2 N–H and O–H groups in total. The lowest BCUT2D eigenvalue weighted by atomic mass is 10.2. The van der Waals surface area contributed by atoms with E-state index in [-0.39, 0.29) is 6.10 Å². The Labute approximate surface area is 138 Å². The van der Waals surface area contributed by atoms with Crippen LogP contribution in [-0.4, -0.2) is 38.3 Å². The molecule has 0 bridgehead atoms. The van der Waals surface area contributed by atoms with Crippen LogP contribution < -0.4 is 20.1 Å². The Morgan fingerprint density at radius 3 is 2.74 bits per heavy atom. The number of hydrogen-bond donors (Lipinski definition) is 2.